The van der Waals surface area contributed by atoms with E-state index in [0.29, 0.717) is 13.2 Å². The van der Waals surface area contributed by atoms with E-state index in [1.807, 2.05) is 29.6 Å². The number of thiophene rings is 1. The maximum atomic E-state index is 11.1. The van der Waals surface area contributed by atoms with Crippen molar-refractivity contribution in [3.8, 4) is 44.5 Å². The second-order valence-corrected chi connectivity index (χ2v) is 7.58. The molecule has 0 fully saturated rings. The summed E-state index contributed by atoms with van der Waals surface area (Å²) in [5.74, 6) is 0.622. The molecular formula is C23H16N2O4S. The maximum Gasteiger partial charge on any atom is 0.335 e. The molecule has 1 aliphatic heterocycles. The highest BCUT2D eigenvalue weighted by Gasteiger charge is 2.20. The van der Waals surface area contributed by atoms with Crippen molar-refractivity contribution in [3.63, 3.8) is 0 Å². The quantitative estimate of drug-likeness (QED) is 0.504. The van der Waals surface area contributed by atoms with Crippen molar-refractivity contribution in [2.75, 3.05) is 13.2 Å². The molecule has 5 rings (SSSR count). The number of fused-ring (bicyclic) bond motifs is 1. The number of carboxylic acids is 1. The number of nitrogens with zero attached hydrogens (tertiary/aromatic N) is 2. The lowest BCUT2D eigenvalue weighted by molar-refractivity contribution is 0.0697. The summed E-state index contributed by atoms with van der Waals surface area (Å²) >= 11 is 1.58. The Bertz CT molecular complexity index is 1230. The third kappa shape index (κ3) is 3.40. The van der Waals surface area contributed by atoms with Gasteiger partial charge in [0.15, 0.2) is 11.5 Å². The summed E-state index contributed by atoms with van der Waals surface area (Å²) in [6, 6.07) is 14.6. The van der Waals surface area contributed by atoms with Crippen LogP contribution in [0.4, 0.5) is 0 Å². The Balaban J connectivity index is 1.49. The second-order valence-electron chi connectivity index (χ2n) is 6.70. The highest BCUT2D eigenvalue weighted by molar-refractivity contribution is 7.14. The molecule has 0 bridgehead atoms. The lowest BCUT2D eigenvalue weighted by Crippen LogP contribution is -2.14. The predicted molar refractivity (Wildman–Crippen MR) is 114 cm³/mol. The number of rotatable bonds is 4. The molecule has 0 saturated carbocycles. The Kier molecular flexibility index (Phi) is 4.65. The van der Waals surface area contributed by atoms with Crippen LogP contribution in [-0.4, -0.2) is 34.3 Å². The van der Waals surface area contributed by atoms with Crippen LogP contribution in [0.1, 0.15) is 10.4 Å². The van der Waals surface area contributed by atoms with Gasteiger partial charge in [0.25, 0.3) is 0 Å². The van der Waals surface area contributed by atoms with Gasteiger partial charge in [0.1, 0.15) is 13.2 Å². The maximum absolute atomic E-state index is 11.1. The topological polar surface area (TPSA) is 81.5 Å². The number of pyridine rings is 2. The standard InChI is InChI=1S/C23H16N2O4S/c26-23(27)15-3-1-14(2-4-15)16-5-7-24-18(11-16)19-12-17(6-8-25-19)22-21-20(13-30-22)28-9-10-29-21/h1-8,11-13H,9-10H2,(H,26,27). The molecule has 0 aliphatic carbocycles. The van der Waals surface area contributed by atoms with Gasteiger partial charge in [0.05, 0.1) is 21.8 Å². The van der Waals surface area contributed by atoms with Crippen LogP contribution in [0.15, 0.2) is 66.3 Å². The van der Waals surface area contributed by atoms with Gasteiger partial charge < -0.3 is 14.6 Å². The number of carboxylic acid groups (broad SMARTS) is 1. The first kappa shape index (κ1) is 18.3. The lowest BCUT2D eigenvalue weighted by Gasteiger charge is -2.16. The molecule has 4 aromatic rings. The summed E-state index contributed by atoms with van der Waals surface area (Å²) in [5, 5.41) is 11.0. The fourth-order valence-electron chi connectivity index (χ4n) is 3.33. The van der Waals surface area contributed by atoms with E-state index in [1.54, 1.807) is 48.0 Å². The smallest absolute Gasteiger partial charge is 0.335 e. The van der Waals surface area contributed by atoms with Crippen LogP contribution in [-0.2, 0) is 0 Å². The van der Waals surface area contributed by atoms with Gasteiger partial charge in [-0.1, -0.05) is 12.1 Å². The Labute approximate surface area is 176 Å². The average Bonchev–Trinajstić information content (AvgIpc) is 3.24. The van der Waals surface area contributed by atoms with Crippen LogP contribution >= 0.6 is 11.3 Å². The molecule has 7 heteroatoms. The third-order valence-corrected chi connectivity index (χ3v) is 5.80. The van der Waals surface area contributed by atoms with Gasteiger partial charge in [-0.25, -0.2) is 4.79 Å². The van der Waals surface area contributed by atoms with Crippen molar-refractivity contribution >= 4 is 17.3 Å². The van der Waals surface area contributed by atoms with Crippen molar-refractivity contribution in [2.45, 2.75) is 0 Å². The molecule has 4 heterocycles. The van der Waals surface area contributed by atoms with Crippen LogP contribution < -0.4 is 9.47 Å². The van der Waals surface area contributed by atoms with E-state index in [0.717, 1.165) is 44.5 Å². The number of carbonyl (C=O) groups is 1. The van der Waals surface area contributed by atoms with E-state index in [9.17, 15) is 4.79 Å². The summed E-state index contributed by atoms with van der Waals surface area (Å²) in [6.45, 7) is 1.11. The molecule has 0 amide bonds. The van der Waals surface area contributed by atoms with E-state index < -0.39 is 5.97 Å². The zero-order valence-corrected chi connectivity index (χ0v) is 16.6. The molecule has 1 aliphatic rings. The fraction of sp³-hybridized carbons (Fsp3) is 0.0870. The molecule has 148 valence electrons. The van der Waals surface area contributed by atoms with Crippen molar-refractivity contribution in [3.05, 3.63) is 71.9 Å². The van der Waals surface area contributed by atoms with Gasteiger partial charge >= 0.3 is 5.97 Å². The molecule has 0 spiro atoms. The second kappa shape index (κ2) is 7.61. The Morgan fingerprint density at radius 2 is 1.53 bits per heavy atom. The zero-order valence-electron chi connectivity index (χ0n) is 15.7. The van der Waals surface area contributed by atoms with Crippen molar-refractivity contribution < 1.29 is 19.4 Å². The van der Waals surface area contributed by atoms with Gasteiger partial charge in [-0.05, 0) is 53.1 Å². The van der Waals surface area contributed by atoms with E-state index >= 15 is 0 Å². The van der Waals surface area contributed by atoms with Crippen LogP contribution in [0.3, 0.4) is 0 Å². The van der Waals surface area contributed by atoms with Crippen LogP contribution in [0, 0.1) is 0 Å². The van der Waals surface area contributed by atoms with Crippen molar-refractivity contribution in [1.82, 2.24) is 9.97 Å². The van der Waals surface area contributed by atoms with Gasteiger partial charge in [-0.2, -0.15) is 0 Å². The predicted octanol–water partition coefficient (Wildman–Crippen LogP) is 5.01. The summed E-state index contributed by atoms with van der Waals surface area (Å²) < 4.78 is 11.5. The highest BCUT2D eigenvalue weighted by Crippen LogP contribution is 2.45. The molecule has 6 nitrogen and oxygen atoms in total. The molecule has 0 saturated heterocycles. The summed E-state index contributed by atoms with van der Waals surface area (Å²) in [7, 11) is 0. The molecular weight excluding hydrogens is 400 g/mol. The van der Waals surface area contributed by atoms with E-state index in [4.69, 9.17) is 14.6 Å². The van der Waals surface area contributed by atoms with E-state index in [2.05, 4.69) is 9.97 Å². The summed E-state index contributed by atoms with van der Waals surface area (Å²) in [5.41, 5.74) is 4.59. The van der Waals surface area contributed by atoms with Gasteiger partial charge in [0, 0.05) is 17.8 Å². The number of hydrogen-bond donors (Lipinski definition) is 1. The molecule has 1 aromatic carbocycles. The molecule has 0 unspecified atom stereocenters. The fourth-order valence-corrected chi connectivity index (χ4v) is 4.26. The molecule has 30 heavy (non-hydrogen) atoms. The highest BCUT2D eigenvalue weighted by atomic mass is 32.1. The average molecular weight is 416 g/mol. The number of hydrogen-bond acceptors (Lipinski definition) is 6. The Morgan fingerprint density at radius 3 is 2.27 bits per heavy atom. The molecule has 3 aromatic heterocycles. The van der Waals surface area contributed by atoms with Gasteiger partial charge in [0.2, 0.25) is 0 Å². The minimum Gasteiger partial charge on any atom is -0.485 e. The van der Waals surface area contributed by atoms with E-state index in [1.165, 1.54) is 0 Å². The van der Waals surface area contributed by atoms with E-state index in [-0.39, 0.29) is 5.56 Å². The first-order valence-corrected chi connectivity index (χ1v) is 10.2. The van der Waals surface area contributed by atoms with Crippen molar-refractivity contribution in [1.29, 1.82) is 0 Å². The molecule has 0 radical (unpaired) electrons. The Hall–Kier alpha value is -3.71. The Morgan fingerprint density at radius 1 is 0.867 bits per heavy atom. The molecule has 1 N–H and O–H groups in total. The van der Waals surface area contributed by atoms with Crippen LogP contribution in [0.2, 0.25) is 0 Å². The third-order valence-electron chi connectivity index (χ3n) is 4.81. The normalized spacial score (nSPS) is 12.5. The van der Waals surface area contributed by atoms with Crippen molar-refractivity contribution in [2.24, 2.45) is 0 Å². The minimum atomic E-state index is -0.942. The first-order valence-electron chi connectivity index (χ1n) is 9.33. The lowest BCUT2D eigenvalue weighted by atomic mass is 10.0. The van der Waals surface area contributed by atoms with Gasteiger partial charge in [-0.3, -0.25) is 9.97 Å². The van der Waals surface area contributed by atoms with Gasteiger partial charge in [-0.15, -0.1) is 11.3 Å². The van der Waals surface area contributed by atoms with Crippen LogP contribution in [0.5, 0.6) is 11.5 Å². The first-order chi connectivity index (χ1) is 14.7. The summed E-state index contributed by atoms with van der Waals surface area (Å²) in [6.07, 6.45) is 3.49. The van der Waals surface area contributed by atoms with Crippen LogP contribution in [0.25, 0.3) is 33.0 Å². The number of aromatic carboxylic acids is 1. The summed E-state index contributed by atoms with van der Waals surface area (Å²) in [4.78, 5) is 21.1. The number of aromatic nitrogens is 2. The largest absolute Gasteiger partial charge is 0.485 e. The number of benzene rings is 1. The minimum absolute atomic E-state index is 0.257. The zero-order chi connectivity index (χ0) is 20.5. The SMILES string of the molecule is O=C(O)c1ccc(-c2ccnc(-c3cc(-c4scc5c4OCCO5)ccn3)c2)cc1. The number of ether oxygens (including phenoxy) is 2. The molecule has 0 atom stereocenters. The monoisotopic (exact) mass is 416 g/mol.